The van der Waals surface area contributed by atoms with Crippen LogP contribution < -0.4 is 4.72 Å². The number of sulfonamides is 1. The van der Waals surface area contributed by atoms with Gasteiger partial charge < -0.3 is 0 Å². The molecule has 0 radical (unpaired) electrons. The molecule has 0 aliphatic carbocycles. The van der Waals surface area contributed by atoms with Crippen molar-refractivity contribution >= 4 is 37.3 Å². The Bertz CT molecular complexity index is 2350. The van der Waals surface area contributed by atoms with Gasteiger partial charge in [0.1, 0.15) is 17.4 Å². The molecule has 0 spiro atoms. The first-order valence-corrected chi connectivity index (χ1v) is 19.9. The van der Waals surface area contributed by atoms with Crippen molar-refractivity contribution < 1.29 is 22.0 Å². The quantitative estimate of drug-likeness (QED) is 0.125. The van der Waals surface area contributed by atoms with Crippen molar-refractivity contribution in [3.63, 3.8) is 0 Å². The van der Waals surface area contributed by atoms with Gasteiger partial charge in [0, 0.05) is 10.4 Å². The maximum atomic E-state index is 14.6. The van der Waals surface area contributed by atoms with E-state index in [4.69, 9.17) is 0 Å². The van der Waals surface area contributed by atoms with Crippen molar-refractivity contribution in [2.75, 3.05) is 0 Å². The van der Waals surface area contributed by atoms with Gasteiger partial charge in [0.15, 0.2) is 0 Å². The molecule has 6 aromatic rings. The molecule has 0 saturated carbocycles. The van der Waals surface area contributed by atoms with Gasteiger partial charge in [-0.3, -0.25) is 4.79 Å². The lowest BCUT2D eigenvalue weighted by molar-refractivity contribution is -0.122. The van der Waals surface area contributed by atoms with Crippen LogP contribution in [0, 0.1) is 36.3 Å². The number of halogens is 3. The Morgan fingerprint density at radius 3 is 1.69 bits per heavy atom. The van der Waals surface area contributed by atoms with E-state index in [0.29, 0.717) is 16.7 Å². The highest BCUT2D eigenvalue weighted by Crippen LogP contribution is 2.43. The van der Waals surface area contributed by atoms with Crippen LogP contribution in [0.25, 0.3) is 5.57 Å². The summed E-state index contributed by atoms with van der Waals surface area (Å²) in [6.45, 7) is 3.29. The smallest absolute Gasteiger partial charge is 0.241 e. The molecule has 0 heterocycles. The van der Waals surface area contributed by atoms with Crippen LogP contribution in [-0.2, 0) is 20.2 Å². The third kappa shape index (κ3) is 9.44. The predicted molar refractivity (Wildman–Crippen MR) is 218 cm³/mol. The summed E-state index contributed by atoms with van der Waals surface area (Å²) in [5, 5.41) is 0. The summed E-state index contributed by atoms with van der Waals surface area (Å²) in [4.78, 5) is 14.1. The molecular weight excluding hydrogens is 776 g/mol. The first-order chi connectivity index (χ1) is 26.4. The molecular formula is C47H38BrF2NO3S. The largest absolute Gasteiger partial charge is 0.300 e. The molecule has 4 nitrogen and oxygen atoms in total. The summed E-state index contributed by atoms with van der Waals surface area (Å²) >= 11 is 3.47. The minimum Gasteiger partial charge on any atom is -0.300 e. The number of benzene rings is 6. The molecule has 0 bridgehead atoms. The number of allylic oxidation sites excluding steroid dienone is 1. The number of Topliss-reactive ketones (excluding diaryl/α,β-unsaturated/α-hetero) is 1. The monoisotopic (exact) mass is 813 g/mol. The van der Waals surface area contributed by atoms with Gasteiger partial charge in [-0.2, -0.15) is 0 Å². The molecule has 8 heteroatoms. The second-order valence-corrected chi connectivity index (χ2v) is 16.0. The van der Waals surface area contributed by atoms with Crippen LogP contribution in [0.2, 0.25) is 0 Å². The highest BCUT2D eigenvalue weighted by atomic mass is 79.9. The zero-order valence-electron chi connectivity index (χ0n) is 30.2. The Kier molecular flexibility index (Phi) is 12.4. The van der Waals surface area contributed by atoms with E-state index >= 15 is 0 Å². The van der Waals surface area contributed by atoms with Crippen LogP contribution in [0.1, 0.15) is 52.8 Å². The van der Waals surface area contributed by atoms with Crippen molar-refractivity contribution in [2.45, 2.75) is 36.6 Å². The third-order valence-corrected chi connectivity index (χ3v) is 11.6. The normalized spacial score (nSPS) is 12.5. The van der Waals surface area contributed by atoms with Gasteiger partial charge in [-0.1, -0.05) is 143 Å². The molecule has 0 aliphatic heterocycles. The summed E-state index contributed by atoms with van der Waals surface area (Å²) in [7, 11) is -4.16. The molecule has 55 heavy (non-hydrogen) atoms. The maximum absolute atomic E-state index is 14.6. The van der Waals surface area contributed by atoms with Crippen molar-refractivity contribution in [1.82, 2.24) is 4.72 Å². The van der Waals surface area contributed by atoms with E-state index < -0.39 is 39.0 Å². The molecule has 276 valence electrons. The van der Waals surface area contributed by atoms with Crippen LogP contribution in [0.3, 0.4) is 0 Å². The van der Waals surface area contributed by atoms with Gasteiger partial charge in [0.2, 0.25) is 10.0 Å². The van der Waals surface area contributed by atoms with Gasteiger partial charge in [-0.15, -0.1) is 0 Å². The van der Waals surface area contributed by atoms with E-state index in [2.05, 4.69) is 32.5 Å². The number of nitrogens with one attached hydrogen (secondary N) is 1. The standard InChI is InChI=1S/C47H38BrF2NO3S/c1-33-15-29-43(30-16-33)55(53,54)51-46(37-17-23-40(48)24-18-37)45(34(2)52)32-47(38-19-25-41(49)26-20-38,39-21-27-42(50)28-22-39)31-9-14-44(35-10-5-3-6-11-35)36-12-7-4-8-13-36/h3-8,10-30,45-46,51H,32H2,1-2H3/t45-,46-/m1/s1. The third-order valence-electron chi connectivity index (χ3n) is 9.64. The Morgan fingerprint density at radius 2 is 1.22 bits per heavy atom. The summed E-state index contributed by atoms with van der Waals surface area (Å²) in [5.74, 6) is 4.51. The second kappa shape index (κ2) is 17.3. The van der Waals surface area contributed by atoms with Crippen molar-refractivity contribution in [3.05, 3.63) is 213 Å². The number of hydrogen-bond acceptors (Lipinski definition) is 3. The van der Waals surface area contributed by atoms with Gasteiger partial charge >= 0.3 is 0 Å². The summed E-state index contributed by atoms with van der Waals surface area (Å²) < 4.78 is 60.9. The van der Waals surface area contributed by atoms with E-state index in [1.54, 1.807) is 60.7 Å². The number of aryl methyl sites for hydroxylation is 1. The summed E-state index contributed by atoms with van der Waals surface area (Å²) in [6, 6.07) is 43.8. The Labute approximate surface area is 330 Å². The lowest BCUT2D eigenvalue weighted by Gasteiger charge is -2.36. The Hall–Kier alpha value is -5.46. The summed E-state index contributed by atoms with van der Waals surface area (Å²) in [6.07, 6.45) is 1.76. The molecule has 0 unspecified atom stereocenters. The zero-order valence-corrected chi connectivity index (χ0v) is 32.6. The fraction of sp³-hybridized carbons (Fsp3) is 0.128. The fourth-order valence-electron chi connectivity index (χ4n) is 6.70. The average Bonchev–Trinajstić information content (AvgIpc) is 3.19. The minimum absolute atomic E-state index is 0.0464. The van der Waals surface area contributed by atoms with Crippen LogP contribution >= 0.6 is 15.9 Å². The highest BCUT2D eigenvalue weighted by molar-refractivity contribution is 9.10. The average molecular weight is 815 g/mol. The van der Waals surface area contributed by atoms with Gasteiger partial charge in [0.05, 0.1) is 16.4 Å². The van der Waals surface area contributed by atoms with Crippen molar-refractivity contribution in [1.29, 1.82) is 0 Å². The molecule has 0 aliphatic rings. The molecule has 1 N–H and O–H groups in total. The molecule has 0 amide bonds. The first-order valence-electron chi connectivity index (χ1n) is 17.7. The van der Waals surface area contributed by atoms with Crippen molar-refractivity contribution in [3.8, 4) is 11.8 Å². The van der Waals surface area contributed by atoms with Crippen LogP contribution in [0.5, 0.6) is 0 Å². The molecule has 0 fully saturated rings. The van der Waals surface area contributed by atoms with Crippen LogP contribution in [-0.4, -0.2) is 14.2 Å². The second-order valence-electron chi connectivity index (χ2n) is 13.4. The Balaban J connectivity index is 1.59. The number of carbonyl (C=O) groups is 1. The van der Waals surface area contributed by atoms with E-state index in [9.17, 15) is 22.0 Å². The van der Waals surface area contributed by atoms with Gasteiger partial charge in [0.25, 0.3) is 0 Å². The topological polar surface area (TPSA) is 63.2 Å². The maximum Gasteiger partial charge on any atom is 0.241 e. The van der Waals surface area contributed by atoms with E-state index in [1.165, 1.54) is 43.3 Å². The van der Waals surface area contributed by atoms with Gasteiger partial charge in [-0.25, -0.2) is 21.9 Å². The number of hydrogen-bond donors (Lipinski definition) is 1. The SMILES string of the molecule is CC(=O)[C@@H](CC(C#CC=C(c1ccccc1)c1ccccc1)(c1ccc(F)cc1)c1ccc(F)cc1)[C@H](NS(=O)(=O)c1ccc(C)cc1)c1ccc(Br)cc1. The zero-order chi connectivity index (χ0) is 39.0. The van der Waals surface area contributed by atoms with E-state index in [1.807, 2.05) is 73.7 Å². The van der Waals surface area contributed by atoms with Crippen LogP contribution in [0.4, 0.5) is 8.78 Å². The minimum atomic E-state index is -4.16. The molecule has 6 rings (SSSR count). The highest BCUT2D eigenvalue weighted by Gasteiger charge is 2.41. The summed E-state index contributed by atoms with van der Waals surface area (Å²) in [5.41, 5.74) is 3.88. The van der Waals surface area contributed by atoms with Gasteiger partial charge in [-0.05, 0) is 108 Å². The number of carbonyl (C=O) groups excluding carboxylic acids is 1. The lowest BCUT2D eigenvalue weighted by atomic mass is 9.67. The molecule has 0 saturated heterocycles. The van der Waals surface area contributed by atoms with Crippen molar-refractivity contribution in [2.24, 2.45) is 5.92 Å². The predicted octanol–water partition coefficient (Wildman–Crippen LogP) is 10.8. The number of rotatable bonds is 12. The number of ketones is 1. The van der Waals surface area contributed by atoms with E-state index in [-0.39, 0.29) is 17.1 Å². The molecule has 2 atom stereocenters. The fourth-order valence-corrected chi connectivity index (χ4v) is 8.23. The molecule has 6 aromatic carbocycles. The lowest BCUT2D eigenvalue weighted by Crippen LogP contribution is -2.40. The molecule has 0 aromatic heterocycles. The Morgan fingerprint density at radius 1 is 0.727 bits per heavy atom. The van der Waals surface area contributed by atoms with E-state index in [0.717, 1.165) is 26.7 Å². The first kappa shape index (κ1) is 39.2. The van der Waals surface area contributed by atoms with Crippen LogP contribution in [0.15, 0.2) is 173 Å².